The predicted octanol–water partition coefficient (Wildman–Crippen LogP) is 0.249. The summed E-state index contributed by atoms with van der Waals surface area (Å²) in [5.41, 5.74) is 5.30. The number of hydrogen-bond acceptors (Lipinski definition) is 3. The summed E-state index contributed by atoms with van der Waals surface area (Å²) in [6.45, 7) is 4.82. The molecule has 0 fully saturated rings. The van der Waals surface area contributed by atoms with Crippen molar-refractivity contribution in [1.29, 1.82) is 0 Å². The molecule has 0 aromatic carbocycles. The van der Waals surface area contributed by atoms with Crippen molar-refractivity contribution >= 4 is 5.91 Å². The van der Waals surface area contributed by atoms with Crippen LogP contribution in [0.2, 0.25) is 0 Å². The van der Waals surface area contributed by atoms with Crippen LogP contribution >= 0.6 is 0 Å². The van der Waals surface area contributed by atoms with Crippen LogP contribution in [0.4, 0.5) is 0 Å². The molecule has 0 aromatic heterocycles. The van der Waals surface area contributed by atoms with Crippen molar-refractivity contribution in [3.05, 3.63) is 0 Å². The van der Waals surface area contributed by atoms with Gasteiger partial charge in [0.1, 0.15) is 0 Å². The molecule has 0 aromatic rings. The molecule has 0 rings (SSSR count). The van der Waals surface area contributed by atoms with E-state index in [2.05, 4.69) is 5.32 Å². The minimum atomic E-state index is -0.451. The topological polar surface area (TPSA) is 75.3 Å². The molecule has 0 saturated carbocycles. The van der Waals surface area contributed by atoms with Gasteiger partial charge in [0.05, 0.1) is 6.10 Å². The van der Waals surface area contributed by atoms with Crippen molar-refractivity contribution in [2.24, 2.45) is 11.7 Å². The Bertz CT molecular complexity index is 160. The fraction of sp³-hybridized carbons (Fsp3) is 0.900. The normalized spacial score (nSPS) is 12.9. The molecule has 0 spiro atoms. The van der Waals surface area contributed by atoms with E-state index in [1.807, 2.05) is 13.8 Å². The minimum absolute atomic E-state index is 0.00171. The highest BCUT2D eigenvalue weighted by Gasteiger charge is 2.09. The van der Waals surface area contributed by atoms with Crippen LogP contribution in [-0.4, -0.2) is 30.2 Å². The largest absolute Gasteiger partial charge is 0.391 e. The van der Waals surface area contributed by atoms with Crippen LogP contribution in [0.15, 0.2) is 0 Å². The third-order valence-corrected chi connectivity index (χ3v) is 2.14. The summed E-state index contributed by atoms with van der Waals surface area (Å²) in [6, 6.07) is 0. The molecule has 84 valence electrons. The predicted molar refractivity (Wildman–Crippen MR) is 56.8 cm³/mol. The van der Waals surface area contributed by atoms with Crippen molar-refractivity contribution < 1.29 is 9.90 Å². The maximum Gasteiger partial charge on any atom is 0.220 e. The summed E-state index contributed by atoms with van der Waals surface area (Å²) >= 11 is 0. The first-order valence-corrected chi connectivity index (χ1v) is 5.22. The molecule has 0 saturated heterocycles. The Morgan fingerprint density at radius 3 is 2.57 bits per heavy atom. The van der Waals surface area contributed by atoms with E-state index < -0.39 is 6.10 Å². The third-order valence-electron chi connectivity index (χ3n) is 2.14. The molecular formula is C10H22N2O2. The number of aliphatic hydroxyl groups is 1. The minimum Gasteiger partial charge on any atom is -0.391 e. The summed E-state index contributed by atoms with van der Waals surface area (Å²) in [6.07, 6.45) is 1.75. The summed E-state index contributed by atoms with van der Waals surface area (Å²) in [7, 11) is 0. The van der Waals surface area contributed by atoms with E-state index in [0.717, 1.165) is 12.8 Å². The zero-order chi connectivity index (χ0) is 11.0. The molecule has 0 aliphatic carbocycles. The standard InChI is InChI=1S/C10H22N2O2/c1-8(2)9(13)7-12-10(14)5-3-4-6-11/h8-9,13H,3-7,11H2,1-2H3,(H,12,14). The number of hydrogen-bond donors (Lipinski definition) is 3. The van der Waals surface area contributed by atoms with E-state index in [1.54, 1.807) is 0 Å². The molecule has 14 heavy (non-hydrogen) atoms. The third kappa shape index (κ3) is 6.86. The molecule has 4 heteroatoms. The quantitative estimate of drug-likeness (QED) is 0.518. The maximum atomic E-state index is 11.2. The first kappa shape index (κ1) is 13.4. The average Bonchev–Trinajstić information content (AvgIpc) is 2.14. The summed E-state index contributed by atoms with van der Waals surface area (Å²) in [5, 5.41) is 12.1. The van der Waals surface area contributed by atoms with Crippen LogP contribution < -0.4 is 11.1 Å². The van der Waals surface area contributed by atoms with Gasteiger partial charge in [0.25, 0.3) is 0 Å². The number of aliphatic hydroxyl groups excluding tert-OH is 1. The summed E-state index contributed by atoms with van der Waals surface area (Å²) in [4.78, 5) is 11.2. The van der Waals surface area contributed by atoms with Gasteiger partial charge >= 0.3 is 0 Å². The Balaban J connectivity index is 3.44. The van der Waals surface area contributed by atoms with Crippen molar-refractivity contribution in [3.63, 3.8) is 0 Å². The first-order chi connectivity index (χ1) is 6.57. The van der Waals surface area contributed by atoms with Crippen LogP contribution in [0, 0.1) is 5.92 Å². The van der Waals surface area contributed by atoms with Crippen LogP contribution in [0.25, 0.3) is 0 Å². The van der Waals surface area contributed by atoms with Gasteiger partial charge in [-0.05, 0) is 25.3 Å². The second-order valence-electron chi connectivity index (χ2n) is 3.86. The van der Waals surface area contributed by atoms with Crippen LogP contribution in [0.5, 0.6) is 0 Å². The zero-order valence-electron chi connectivity index (χ0n) is 9.12. The number of carbonyl (C=O) groups is 1. The lowest BCUT2D eigenvalue weighted by Gasteiger charge is -2.14. The average molecular weight is 202 g/mol. The highest BCUT2D eigenvalue weighted by Crippen LogP contribution is 1.99. The lowest BCUT2D eigenvalue weighted by atomic mass is 10.1. The SMILES string of the molecule is CC(C)C(O)CNC(=O)CCCCN. The second kappa shape index (κ2) is 7.76. The zero-order valence-corrected chi connectivity index (χ0v) is 9.12. The molecule has 4 nitrogen and oxygen atoms in total. The molecule has 4 N–H and O–H groups in total. The van der Waals surface area contributed by atoms with E-state index in [0.29, 0.717) is 19.5 Å². The van der Waals surface area contributed by atoms with Gasteiger partial charge in [-0.2, -0.15) is 0 Å². The summed E-state index contributed by atoms with van der Waals surface area (Å²) < 4.78 is 0. The van der Waals surface area contributed by atoms with Gasteiger partial charge in [0.2, 0.25) is 5.91 Å². The molecule has 1 atom stereocenters. The van der Waals surface area contributed by atoms with Crippen LogP contribution in [-0.2, 0) is 4.79 Å². The maximum absolute atomic E-state index is 11.2. The molecule has 0 aliphatic rings. The molecular weight excluding hydrogens is 180 g/mol. The lowest BCUT2D eigenvalue weighted by molar-refractivity contribution is -0.121. The Kier molecular flexibility index (Phi) is 7.42. The molecule has 0 radical (unpaired) electrons. The molecule has 1 amide bonds. The Labute approximate surface area is 85.9 Å². The Morgan fingerprint density at radius 1 is 1.43 bits per heavy atom. The van der Waals surface area contributed by atoms with Crippen molar-refractivity contribution in [2.75, 3.05) is 13.1 Å². The van der Waals surface area contributed by atoms with Crippen molar-refractivity contribution in [2.45, 2.75) is 39.2 Å². The fourth-order valence-corrected chi connectivity index (χ4v) is 0.972. The number of unbranched alkanes of at least 4 members (excludes halogenated alkanes) is 1. The molecule has 0 bridgehead atoms. The summed E-state index contributed by atoms with van der Waals surface area (Å²) in [5.74, 6) is 0.178. The van der Waals surface area contributed by atoms with Crippen LogP contribution in [0.1, 0.15) is 33.1 Å². The highest BCUT2D eigenvalue weighted by atomic mass is 16.3. The van der Waals surface area contributed by atoms with Gasteiger partial charge in [-0.1, -0.05) is 13.8 Å². The smallest absolute Gasteiger partial charge is 0.220 e. The number of carbonyl (C=O) groups excluding carboxylic acids is 1. The highest BCUT2D eigenvalue weighted by molar-refractivity contribution is 5.75. The van der Waals surface area contributed by atoms with Gasteiger partial charge < -0.3 is 16.2 Å². The van der Waals surface area contributed by atoms with Gasteiger partial charge in [0.15, 0.2) is 0 Å². The van der Waals surface area contributed by atoms with E-state index in [1.165, 1.54) is 0 Å². The number of rotatable bonds is 7. The van der Waals surface area contributed by atoms with Gasteiger partial charge in [-0.3, -0.25) is 4.79 Å². The second-order valence-corrected chi connectivity index (χ2v) is 3.86. The molecule has 1 unspecified atom stereocenters. The number of nitrogens with two attached hydrogens (primary N) is 1. The van der Waals surface area contributed by atoms with Gasteiger partial charge in [0, 0.05) is 13.0 Å². The number of amides is 1. The van der Waals surface area contributed by atoms with E-state index in [4.69, 9.17) is 5.73 Å². The molecule has 0 heterocycles. The fourth-order valence-electron chi connectivity index (χ4n) is 0.972. The van der Waals surface area contributed by atoms with E-state index in [-0.39, 0.29) is 11.8 Å². The Morgan fingerprint density at radius 2 is 2.07 bits per heavy atom. The van der Waals surface area contributed by atoms with Crippen molar-refractivity contribution in [1.82, 2.24) is 5.32 Å². The van der Waals surface area contributed by atoms with Crippen LogP contribution in [0.3, 0.4) is 0 Å². The first-order valence-electron chi connectivity index (χ1n) is 5.22. The van der Waals surface area contributed by atoms with E-state index >= 15 is 0 Å². The Hall–Kier alpha value is -0.610. The van der Waals surface area contributed by atoms with Gasteiger partial charge in [-0.25, -0.2) is 0 Å². The molecule has 0 aliphatic heterocycles. The lowest BCUT2D eigenvalue weighted by Crippen LogP contribution is -2.34. The monoisotopic (exact) mass is 202 g/mol. The number of nitrogens with one attached hydrogen (secondary N) is 1. The van der Waals surface area contributed by atoms with E-state index in [9.17, 15) is 9.90 Å². The van der Waals surface area contributed by atoms with Crippen molar-refractivity contribution in [3.8, 4) is 0 Å². The van der Waals surface area contributed by atoms with Gasteiger partial charge in [-0.15, -0.1) is 0 Å².